The van der Waals surface area contributed by atoms with Crippen LogP contribution in [-0.2, 0) is 0 Å². The van der Waals surface area contributed by atoms with Gasteiger partial charge in [0.05, 0.1) is 19.3 Å². The van der Waals surface area contributed by atoms with Gasteiger partial charge in [-0.15, -0.1) is 12.4 Å². The Kier molecular flexibility index (Phi) is 5.53. The second-order valence-corrected chi connectivity index (χ2v) is 3.04. The molecule has 0 aliphatic heterocycles. The predicted molar refractivity (Wildman–Crippen MR) is 58.9 cm³/mol. The molecule has 0 unspecified atom stereocenters. The molecule has 3 N–H and O–H groups in total. The van der Waals surface area contributed by atoms with Crippen LogP contribution in [0.4, 0.5) is 0 Å². The number of aliphatic hydroxyl groups is 1. The Bertz CT molecular complexity index is 279. The van der Waals surface area contributed by atoms with E-state index in [-0.39, 0.29) is 18.4 Å². The number of benzene rings is 1. The Labute approximate surface area is 90.3 Å². The lowest BCUT2D eigenvalue weighted by Crippen LogP contribution is -2.22. The lowest BCUT2D eigenvalue weighted by Gasteiger charge is -2.15. The molecule has 14 heavy (non-hydrogen) atoms. The zero-order valence-corrected chi connectivity index (χ0v) is 9.12. The summed E-state index contributed by atoms with van der Waals surface area (Å²) in [5, 5.41) is 9.27. The normalized spacial score (nSPS) is 14.0. The van der Waals surface area contributed by atoms with Gasteiger partial charge in [-0.3, -0.25) is 0 Å². The maximum absolute atomic E-state index is 9.27. The molecular weight excluding hydrogens is 202 g/mol. The molecule has 4 heteroatoms. The fraction of sp³-hybridized carbons (Fsp3) is 0.400. The van der Waals surface area contributed by atoms with Gasteiger partial charge >= 0.3 is 0 Å². The number of halogens is 1. The van der Waals surface area contributed by atoms with Crippen LogP contribution in [0.3, 0.4) is 0 Å². The first-order chi connectivity index (χ1) is 6.15. The fourth-order valence-electron chi connectivity index (χ4n) is 1.13. The molecule has 0 heterocycles. The first-order valence-electron chi connectivity index (χ1n) is 4.22. The van der Waals surface area contributed by atoms with Gasteiger partial charge in [0.2, 0.25) is 0 Å². The fourth-order valence-corrected chi connectivity index (χ4v) is 1.13. The van der Waals surface area contributed by atoms with Crippen LogP contribution in [0.2, 0.25) is 0 Å². The van der Waals surface area contributed by atoms with E-state index in [0.29, 0.717) is 0 Å². The molecule has 1 aromatic rings. The second kappa shape index (κ2) is 5.86. The number of hydrogen-bond acceptors (Lipinski definition) is 3. The zero-order chi connectivity index (χ0) is 9.84. The van der Waals surface area contributed by atoms with Crippen molar-refractivity contribution >= 4 is 12.4 Å². The first-order valence-corrected chi connectivity index (χ1v) is 4.22. The van der Waals surface area contributed by atoms with Crippen LogP contribution in [0.25, 0.3) is 0 Å². The molecule has 0 amide bonds. The smallest absolute Gasteiger partial charge is 0.119 e. The van der Waals surface area contributed by atoms with E-state index in [2.05, 4.69) is 0 Å². The summed E-state index contributed by atoms with van der Waals surface area (Å²) in [6.07, 6.45) is -0.549. The molecule has 0 saturated heterocycles. The summed E-state index contributed by atoms with van der Waals surface area (Å²) in [5.41, 5.74) is 6.64. The summed E-state index contributed by atoms with van der Waals surface area (Å²) in [6.45, 7) is 1.67. The lowest BCUT2D eigenvalue weighted by atomic mass is 10.0. The topological polar surface area (TPSA) is 55.5 Å². The van der Waals surface area contributed by atoms with Gasteiger partial charge < -0.3 is 15.6 Å². The summed E-state index contributed by atoms with van der Waals surface area (Å²) >= 11 is 0. The van der Waals surface area contributed by atoms with Crippen LogP contribution in [0.15, 0.2) is 24.3 Å². The highest BCUT2D eigenvalue weighted by Gasteiger charge is 2.11. The molecular formula is C10H16ClNO2. The van der Waals surface area contributed by atoms with Crippen LogP contribution in [0.1, 0.15) is 18.5 Å². The van der Waals surface area contributed by atoms with E-state index >= 15 is 0 Å². The van der Waals surface area contributed by atoms with Crippen molar-refractivity contribution in [3.8, 4) is 5.75 Å². The molecule has 0 aliphatic carbocycles. The first kappa shape index (κ1) is 13.2. The summed E-state index contributed by atoms with van der Waals surface area (Å²) in [5.74, 6) is 0.758. The molecule has 0 aliphatic rings. The number of nitrogens with two attached hydrogens (primary N) is 1. The molecule has 0 aromatic heterocycles. The lowest BCUT2D eigenvalue weighted by molar-refractivity contribution is 0.164. The Morgan fingerprint density at radius 2 is 2.07 bits per heavy atom. The summed E-state index contributed by atoms with van der Waals surface area (Å²) < 4.78 is 5.05. The predicted octanol–water partition coefficient (Wildman–Crippen LogP) is 1.50. The van der Waals surface area contributed by atoms with Gasteiger partial charge in [0, 0.05) is 0 Å². The Balaban J connectivity index is 0.00000169. The van der Waals surface area contributed by atoms with Crippen molar-refractivity contribution < 1.29 is 9.84 Å². The molecule has 80 valence electrons. The van der Waals surface area contributed by atoms with Gasteiger partial charge in [0.1, 0.15) is 5.75 Å². The van der Waals surface area contributed by atoms with Crippen LogP contribution in [-0.4, -0.2) is 18.3 Å². The SMILES string of the molecule is COc1cccc([C@H](N)[C@H](C)O)c1.Cl. The third-order valence-electron chi connectivity index (χ3n) is 2.00. The van der Waals surface area contributed by atoms with Gasteiger partial charge in [0.25, 0.3) is 0 Å². The number of rotatable bonds is 3. The molecule has 0 saturated carbocycles. The zero-order valence-electron chi connectivity index (χ0n) is 8.31. The van der Waals surface area contributed by atoms with E-state index in [1.807, 2.05) is 24.3 Å². The van der Waals surface area contributed by atoms with Gasteiger partial charge in [-0.1, -0.05) is 12.1 Å². The summed E-state index contributed by atoms with van der Waals surface area (Å²) in [7, 11) is 1.60. The molecule has 0 radical (unpaired) electrons. The highest BCUT2D eigenvalue weighted by molar-refractivity contribution is 5.85. The van der Waals surface area contributed by atoms with Gasteiger partial charge in [-0.05, 0) is 24.6 Å². The monoisotopic (exact) mass is 217 g/mol. The van der Waals surface area contributed by atoms with Crippen molar-refractivity contribution in [1.82, 2.24) is 0 Å². The quantitative estimate of drug-likeness (QED) is 0.807. The van der Waals surface area contributed by atoms with E-state index in [1.54, 1.807) is 14.0 Å². The van der Waals surface area contributed by atoms with Crippen LogP contribution >= 0.6 is 12.4 Å². The number of aliphatic hydroxyl groups excluding tert-OH is 1. The van der Waals surface area contributed by atoms with E-state index in [0.717, 1.165) is 11.3 Å². The van der Waals surface area contributed by atoms with Gasteiger partial charge in [-0.2, -0.15) is 0 Å². The second-order valence-electron chi connectivity index (χ2n) is 3.04. The molecule has 0 bridgehead atoms. The highest BCUT2D eigenvalue weighted by atomic mass is 35.5. The summed E-state index contributed by atoms with van der Waals surface area (Å²) in [6, 6.07) is 7.06. The number of methoxy groups -OCH3 is 1. The van der Waals surface area contributed by atoms with Crippen molar-refractivity contribution in [3.05, 3.63) is 29.8 Å². The van der Waals surface area contributed by atoms with Crippen molar-refractivity contribution in [2.45, 2.75) is 19.1 Å². The minimum absolute atomic E-state index is 0. The largest absolute Gasteiger partial charge is 0.497 e. The molecule has 1 rings (SSSR count). The average Bonchev–Trinajstić information content (AvgIpc) is 2.16. The molecule has 3 nitrogen and oxygen atoms in total. The minimum atomic E-state index is -0.549. The molecule has 1 aromatic carbocycles. The standard InChI is InChI=1S/C10H15NO2.ClH/c1-7(12)10(11)8-4-3-5-9(6-8)13-2;/h3-7,10,12H,11H2,1-2H3;1H/t7-,10+;/m0./s1. The third-order valence-corrected chi connectivity index (χ3v) is 2.00. The third kappa shape index (κ3) is 3.18. The van der Waals surface area contributed by atoms with Crippen LogP contribution in [0, 0.1) is 0 Å². The highest BCUT2D eigenvalue weighted by Crippen LogP contribution is 2.19. The van der Waals surface area contributed by atoms with Crippen LogP contribution in [0.5, 0.6) is 5.75 Å². The number of hydrogen-bond donors (Lipinski definition) is 2. The van der Waals surface area contributed by atoms with Gasteiger partial charge in [-0.25, -0.2) is 0 Å². The average molecular weight is 218 g/mol. The maximum atomic E-state index is 9.27. The van der Waals surface area contributed by atoms with E-state index in [1.165, 1.54) is 0 Å². The van der Waals surface area contributed by atoms with Crippen molar-refractivity contribution in [1.29, 1.82) is 0 Å². The molecule has 0 fully saturated rings. The Hall–Kier alpha value is -0.770. The minimum Gasteiger partial charge on any atom is -0.497 e. The van der Waals surface area contributed by atoms with Crippen molar-refractivity contribution in [3.63, 3.8) is 0 Å². The molecule has 0 spiro atoms. The molecule has 2 atom stereocenters. The van der Waals surface area contributed by atoms with Crippen molar-refractivity contribution in [2.75, 3.05) is 7.11 Å². The van der Waals surface area contributed by atoms with E-state index in [9.17, 15) is 5.11 Å². The Morgan fingerprint density at radius 3 is 2.57 bits per heavy atom. The van der Waals surface area contributed by atoms with E-state index < -0.39 is 6.10 Å². The Morgan fingerprint density at radius 1 is 1.43 bits per heavy atom. The number of ether oxygens (including phenoxy) is 1. The maximum Gasteiger partial charge on any atom is 0.119 e. The van der Waals surface area contributed by atoms with E-state index in [4.69, 9.17) is 10.5 Å². The van der Waals surface area contributed by atoms with Gasteiger partial charge in [0.15, 0.2) is 0 Å². The van der Waals surface area contributed by atoms with Crippen molar-refractivity contribution in [2.24, 2.45) is 5.73 Å². The summed E-state index contributed by atoms with van der Waals surface area (Å²) in [4.78, 5) is 0. The van der Waals surface area contributed by atoms with Crippen LogP contribution < -0.4 is 10.5 Å².